The summed E-state index contributed by atoms with van der Waals surface area (Å²) in [5.41, 5.74) is -0.0851. The zero-order valence-corrected chi connectivity index (χ0v) is 11.5. The Morgan fingerprint density at radius 3 is 2.70 bits per heavy atom. The van der Waals surface area contributed by atoms with Crippen molar-refractivity contribution in [1.29, 1.82) is 0 Å². The second kappa shape index (κ2) is 6.47. The molecule has 0 atom stereocenters. The zero-order valence-electron chi connectivity index (χ0n) is 11.5. The van der Waals surface area contributed by atoms with Crippen LogP contribution < -0.4 is 4.74 Å². The number of likely N-dealkylation sites (tertiary alicyclic amines) is 1. The Morgan fingerprint density at radius 2 is 2.10 bits per heavy atom. The quantitative estimate of drug-likeness (QED) is 0.453. The summed E-state index contributed by atoms with van der Waals surface area (Å²) in [5.74, 6) is 0.168. The molecule has 0 amide bonds. The smallest absolute Gasteiger partial charge is 0.280 e. The molecule has 0 aromatic heterocycles. The lowest BCUT2D eigenvalue weighted by atomic mass is 10.1. The van der Waals surface area contributed by atoms with Gasteiger partial charge in [-0.05, 0) is 45.0 Å². The molecule has 0 radical (unpaired) electrons. The van der Waals surface area contributed by atoms with Gasteiger partial charge in [-0.2, -0.15) is 0 Å². The van der Waals surface area contributed by atoms with E-state index in [0.717, 1.165) is 19.6 Å². The molecule has 20 heavy (non-hydrogen) atoms. The molecule has 2 rings (SSSR count). The summed E-state index contributed by atoms with van der Waals surface area (Å²) in [6, 6.07) is 4.31. The third kappa shape index (κ3) is 3.54. The average Bonchev–Trinajstić information content (AvgIpc) is 2.91. The van der Waals surface area contributed by atoms with Crippen molar-refractivity contribution in [2.24, 2.45) is 0 Å². The Bertz CT molecular complexity index is 510. The Kier molecular flexibility index (Phi) is 4.68. The highest BCUT2D eigenvalue weighted by Crippen LogP contribution is 2.24. The second-order valence-electron chi connectivity index (χ2n) is 4.89. The standard InChI is InChI=1S/C14H18N2O4/c1-11(17)13-10-12(4-5-14(13)16(18)19)20-9-8-15-6-2-3-7-15/h4-5,10H,2-3,6-9H2,1H3. The van der Waals surface area contributed by atoms with Crippen molar-refractivity contribution in [2.75, 3.05) is 26.2 Å². The fourth-order valence-corrected chi connectivity index (χ4v) is 2.34. The van der Waals surface area contributed by atoms with Gasteiger partial charge in [0.25, 0.3) is 5.69 Å². The highest BCUT2D eigenvalue weighted by atomic mass is 16.6. The number of ketones is 1. The maximum atomic E-state index is 11.4. The fraction of sp³-hybridized carbons (Fsp3) is 0.500. The first kappa shape index (κ1) is 14.5. The second-order valence-corrected chi connectivity index (χ2v) is 4.89. The largest absolute Gasteiger partial charge is 0.492 e. The van der Waals surface area contributed by atoms with Gasteiger partial charge in [-0.1, -0.05) is 0 Å². The molecule has 0 saturated carbocycles. The van der Waals surface area contributed by atoms with Crippen molar-refractivity contribution in [1.82, 2.24) is 4.90 Å². The summed E-state index contributed by atoms with van der Waals surface area (Å²) >= 11 is 0. The van der Waals surface area contributed by atoms with Crippen LogP contribution >= 0.6 is 0 Å². The number of benzene rings is 1. The van der Waals surface area contributed by atoms with Crippen LogP contribution in [-0.2, 0) is 0 Å². The Hall–Kier alpha value is -1.95. The highest BCUT2D eigenvalue weighted by molar-refractivity contribution is 5.98. The minimum Gasteiger partial charge on any atom is -0.492 e. The van der Waals surface area contributed by atoms with Crippen molar-refractivity contribution in [3.8, 4) is 5.75 Å². The van der Waals surface area contributed by atoms with Crippen molar-refractivity contribution in [2.45, 2.75) is 19.8 Å². The summed E-state index contributed by atoms with van der Waals surface area (Å²) in [4.78, 5) is 24.0. The van der Waals surface area contributed by atoms with Crippen LogP contribution in [0.5, 0.6) is 5.75 Å². The first-order valence-corrected chi connectivity index (χ1v) is 6.72. The van der Waals surface area contributed by atoms with Crippen molar-refractivity contribution >= 4 is 11.5 Å². The summed E-state index contributed by atoms with van der Waals surface area (Å²) < 4.78 is 5.58. The van der Waals surface area contributed by atoms with Gasteiger partial charge < -0.3 is 4.74 Å². The van der Waals surface area contributed by atoms with E-state index < -0.39 is 4.92 Å². The minimum atomic E-state index is -0.551. The van der Waals surface area contributed by atoms with Crippen molar-refractivity contribution < 1.29 is 14.5 Å². The molecule has 108 valence electrons. The molecule has 1 heterocycles. The molecule has 1 saturated heterocycles. The molecular weight excluding hydrogens is 260 g/mol. The number of ether oxygens (including phenoxy) is 1. The fourth-order valence-electron chi connectivity index (χ4n) is 2.34. The van der Waals surface area contributed by atoms with Gasteiger partial charge in [0.2, 0.25) is 0 Å². The molecule has 0 spiro atoms. The van der Waals surface area contributed by atoms with E-state index in [2.05, 4.69) is 4.90 Å². The van der Waals surface area contributed by atoms with Crippen LogP contribution in [0.25, 0.3) is 0 Å². The van der Waals surface area contributed by atoms with Crippen LogP contribution in [-0.4, -0.2) is 41.8 Å². The summed E-state index contributed by atoms with van der Waals surface area (Å²) in [6.07, 6.45) is 2.46. The van der Waals surface area contributed by atoms with Crippen LogP contribution in [0.1, 0.15) is 30.1 Å². The molecule has 0 N–H and O–H groups in total. The average molecular weight is 278 g/mol. The molecule has 1 aliphatic rings. The molecule has 6 heteroatoms. The van der Waals surface area contributed by atoms with Crippen LogP contribution in [0.3, 0.4) is 0 Å². The van der Waals surface area contributed by atoms with Gasteiger partial charge in [-0.3, -0.25) is 19.8 Å². The maximum Gasteiger partial charge on any atom is 0.280 e. The molecule has 1 aromatic carbocycles. The lowest BCUT2D eigenvalue weighted by Gasteiger charge is -2.15. The Balaban J connectivity index is 1.99. The van der Waals surface area contributed by atoms with E-state index in [1.807, 2.05) is 0 Å². The van der Waals surface area contributed by atoms with Gasteiger partial charge in [0.05, 0.1) is 10.5 Å². The Labute approximate surface area is 117 Å². The Morgan fingerprint density at radius 1 is 1.40 bits per heavy atom. The molecular formula is C14H18N2O4. The van der Waals surface area contributed by atoms with E-state index in [1.165, 1.54) is 38.0 Å². The number of hydrogen-bond acceptors (Lipinski definition) is 5. The molecule has 1 aliphatic heterocycles. The van der Waals surface area contributed by atoms with Crippen LogP contribution in [0, 0.1) is 10.1 Å². The summed E-state index contributed by atoms with van der Waals surface area (Å²) in [7, 11) is 0. The molecule has 0 bridgehead atoms. The number of nitro benzene ring substituents is 1. The zero-order chi connectivity index (χ0) is 14.5. The van der Waals surface area contributed by atoms with Gasteiger partial charge in [0.1, 0.15) is 12.4 Å². The third-order valence-electron chi connectivity index (χ3n) is 3.42. The van der Waals surface area contributed by atoms with E-state index in [4.69, 9.17) is 4.74 Å². The molecule has 1 fully saturated rings. The SMILES string of the molecule is CC(=O)c1cc(OCCN2CCCC2)ccc1[N+](=O)[O-]. The summed E-state index contributed by atoms with van der Waals surface area (Å²) in [6.45, 7) is 4.88. The van der Waals surface area contributed by atoms with Gasteiger partial charge in [-0.15, -0.1) is 0 Å². The monoisotopic (exact) mass is 278 g/mol. The third-order valence-corrected chi connectivity index (χ3v) is 3.42. The predicted octanol–water partition coefficient (Wildman–Crippen LogP) is 2.27. The maximum absolute atomic E-state index is 11.4. The van der Waals surface area contributed by atoms with Gasteiger partial charge in [0, 0.05) is 12.6 Å². The lowest BCUT2D eigenvalue weighted by molar-refractivity contribution is -0.385. The van der Waals surface area contributed by atoms with E-state index >= 15 is 0 Å². The van der Waals surface area contributed by atoms with E-state index in [-0.39, 0.29) is 17.0 Å². The number of rotatable bonds is 6. The number of carbonyl (C=O) groups is 1. The number of hydrogen-bond donors (Lipinski definition) is 0. The number of nitro groups is 1. The molecule has 0 aliphatic carbocycles. The first-order chi connectivity index (χ1) is 9.58. The first-order valence-electron chi connectivity index (χ1n) is 6.72. The summed E-state index contributed by atoms with van der Waals surface area (Å²) in [5, 5.41) is 10.8. The van der Waals surface area contributed by atoms with E-state index in [1.54, 1.807) is 0 Å². The van der Waals surface area contributed by atoms with E-state index in [0.29, 0.717) is 12.4 Å². The normalized spacial score (nSPS) is 15.2. The topological polar surface area (TPSA) is 72.7 Å². The van der Waals surface area contributed by atoms with E-state index in [9.17, 15) is 14.9 Å². The minimum absolute atomic E-state index is 0.0914. The number of carbonyl (C=O) groups excluding carboxylic acids is 1. The van der Waals surface area contributed by atoms with Crippen molar-refractivity contribution in [3.63, 3.8) is 0 Å². The van der Waals surface area contributed by atoms with Crippen LogP contribution in [0.15, 0.2) is 18.2 Å². The van der Waals surface area contributed by atoms with Crippen LogP contribution in [0.2, 0.25) is 0 Å². The highest BCUT2D eigenvalue weighted by Gasteiger charge is 2.18. The van der Waals surface area contributed by atoms with Crippen molar-refractivity contribution in [3.05, 3.63) is 33.9 Å². The van der Waals surface area contributed by atoms with Gasteiger partial charge in [0.15, 0.2) is 5.78 Å². The number of nitrogens with zero attached hydrogens (tertiary/aromatic N) is 2. The van der Waals surface area contributed by atoms with Gasteiger partial charge >= 0.3 is 0 Å². The predicted molar refractivity (Wildman–Crippen MR) is 74.3 cm³/mol. The lowest BCUT2D eigenvalue weighted by Crippen LogP contribution is -2.25. The molecule has 0 unspecified atom stereocenters. The molecule has 6 nitrogen and oxygen atoms in total. The molecule has 1 aromatic rings. The van der Waals surface area contributed by atoms with Gasteiger partial charge in [-0.25, -0.2) is 0 Å². The van der Waals surface area contributed by atoms with Crippen LogP contribution in [0.4, 0.5) is 5.69 Å². The number of Topliss-reactive ketones (excluding diaryl/α,β-unsaturated/α-hetero) is 1.